The summed E-state index contributed by atoms with van der Waals surface area (Å²) in [5.74, 6) is 0. The second-order valence-corrected chi connectivity index (χ2v) is 3.79. The van der Waals surface area contributed by atoms with Gasteiger partial charge in [0.1, 0.15) is 0 Å². The molecule has 0 atom stereocenters. The van der Waals surface area contributed by atoms with E-state index in [-0.39, 0.29) is 4.90 Å². The maximum Gasteiger partial charge on any atom is 0.323 e. The van der Waals surface area contributed by atoms with Crippen molar-refractivity contribution in [2.45, 2.75) is 11.8 Å². The van der Waals surface area contributed by atoms with Gasteiger partial charge in [-0.3, -0.25) is 0 Å². The Morgan fingerprint density at radius 3 is 2.42 bits per heavy atom. The zero-order chi connectivity index (χ0) is 9.19. The fourth-order valence-electron chi connectivity index (χ4n) is 0.877. The minimum Gasteiger partial charge on any atom is -0.235 e. The zero-order valence-corrected chi connectivity index (χ0v) is 7.21. The van der Waals surface area contributed by atoms with E-state index in [0.29, 0.717) is 5.56 Å². The standard InChI is InChI=1S/C7H8O4S/c1-6-4-2-3-5-7(6)12(9,10)11-8/h2-5,8H,1H3. The van der Waals surface area contributed by atoms with Crippen LogP contribution in [-0.4, -0.2) is 13.7 Å². The van der Waals surface area contributed by atoms with Gasteiger partial charge in [0.15, 0.2) is 0 Å². The summed E-state index contributed by atoms with van der Waals surface area (Å²) in [6.45, 7) is 1.62. The summed E-state index contributed by atoms with van der Waals surface area (Å²) in [6.07, 6.45) is 0. The Morgan fingerprint density at radius 1 is 1.33 bits per heavy atom. The molecule has 0 spiro atoms. The van der Waals surface area contributed by atoms with E-state index >= 15 is 0 Å². The Bertz CT molecular complexity index is 369. The second kappa shape index (κ2) is 3.22. The van der Waals surface area contributed by atoms with Crippen LogP contribution in [0.15, 0.2) is 29.2 Å². The fraction of sp³-hybridized carbons (Fsp3) is 0.143. The largest absolute Gasteiger partial charge is 0.323 e. The summed E-state index contributed by atoms with van der Waals surface area (Å²) in [4.78, 5) is -0.0208. The van der Waals surface area contributed by atoms with Crippen LogP contribution in [0.1, 0.15) is 5.56 Å². The normalized spacial score (nSPS) is 11.5. The number of rotatable bonds is 2. The van der Waals surface area contributed by atoms with E-state index in [2.05, 4.69) is 4.33 Å². The molecule has 1 aromatic rings. The van der Waals surface area contributed by atoms with Crippen molar-refractivity contribution in [2.75, 3.05) is 0 Å². The molecule has 5 heteroatoms. The van der Waals surface area contributed by atoms with Gasteiger partial charge in [-0.15, -0.1) is 4.33 Å². The Hall–Kier alpha value is -0.910. The van der Waals surface area contributed by atoms with Crippen molar-refractivity contribution in [1.82, 2.24) is 0 Å². The Morgan fingerprint density at radius 2 is 1.92 bits per heavy atom. The first kappa shape index (κ1) is 9.18. The van der Waals surface area contributed by atoms with Gasteiger partial charge >= 0.3 is 10.1 Å². The van der Waals surface area contributed by atoms with E-state index in [0.717, 1.165) is 0 Å². The van der Waals surface area contributed by atoms with Crippen molar-refractivity contribution in [3.8, 4) is 0 Å². The monoisotopic (exact) mass is 188 g/mol. The molecule has 1 N–H and O–H groups in total. The molecule has 0 aliphatic carbocycles. The first-order valence-corrected chi connectivity index (χ1v) is 4.62. The molecule has 0 fully saturated rings. The van der Waals surface area contributed by atoms with Crippen molar-refractivity contribution in [3.05, 3.63) is 29.8 Å². The van der Waals surface area contributed by atoms with Crippen LogP contribution in [0.25, 0.3) is 0 Å². The quantitative estimate of drug-likeness (QED) is 0.559. The summed E-state index contributed by atoms with van der Waals surface area (Å²) in [5.41, 5.74) is 0.534. The predicted octanol–water partition coefficient (Wildman–Crippen LogP) is 1.17. The van der Waals surface area contributed by atoms with Gasteiger partial charge < -0.3 is 0 Å². The van der Waals surface area contributed by atoms with Crippen molar-refractivity contribution in [3.63, 3.8) is 0 Å². The van der Waals surface area contributed by atoms with Crippen molar-refractivity contribution < 1.29 is 18.0 Å². The summed E-state index contributed by atoms with van der Waals surface area (Å²) in [5, 5.41) is 8.08. The van der Waals surface area contributed by atoms with Gasteiger partial charge in [0.05, 0.1) is 4.90 Å². The number of hydrogen-bond donors (Lipinski definition) is 1. The van der Waals surface area contributed by atoms with Crippen molar-refractivity contribution >= 4 is 10.1 Å². The third-order valence-electron chi connectivity index (χ3n) is 1.46. The molecule has 0 aliphatic heterocycles. The maximum atomic E-state index is 10.9. The molecule has 0 saturated heterocycles. The van der Waals surface area contributed by atoms with E-state index in [1.54, 1.807) is 25.1 Å². The van der Waals surface area contributed by atoms with Crippen LogP contribution in [0.2, 0.25) is 0 Å². The minimum absolute atomic E-state index is 0.0208. The number of hydrogen-bond acceptors (Lipinski definition) is 4. The second-order valence-electron chi connectivity index (χ2n) is 2.29. The van der Waals surface area contributed by atoms with Gasteiger partial charge in [-0.2, -0.15) is 8.42 Å². The van der Waals surface area contributed by atoms with Crippen LogP contribution in [-0.2, 0) is 14.5 Å². The average molecular weight is 188 g/mol. The highest BCUT2D eigenvalue weighted by Crippen LogP contribution is 2.15. The van der Waals surface area contributed by atoms with Crippen LogP contribution >= 0.6 is 0 Å². The molecular weight excluding hydrogens is 180 g/mol. The molecule has 0 aromatic heterocycles. The van der Waals surface area contributed by atoms with E-state index in [1.165, 1.54) is 6.07 Å². The summed E-state index contributed by atoms with van der Waals surface area (Å²) >= 11 is 0. The topological polar surface area (TPSA) is 63.6 Å². The highest BCUT2D eigenvalue weighted by molar-refractivity contribution is 7.86. The highest BCUT2D eigenvalue weighted by atomic mass is 32.2. The molecule has 12 heavy (non-hydrogen) atoms. The van der Waals surface area contributed by atoms with Gasteiger partial charge in [-0.05, 0) is 18.6 Å². The molecule has 0 amide bonds. The highest BCUT2D eigenvalue weighted by Gasteiger charge is 2.16. The molecule has 4 nitrogen and oxygen atoms in total. The van der Waals surface area contributed by atoms with Gasteiger partial charge in [0, 0.05) is 0 Å². The van der Waals surface area contributed by atoms with Gasteiger partial charge in [-0.25, -0.2) is 5.26 Å². The van der Waals surface area contributed by atoms with Crippen molar-refractivity contribution in [1.29, 1.82) is 0 Å². The predicted molar refractivity (Wildman–Crippen MR) is 42.1 cm³/mol. The van der Waals surface area contributed by atoms with Crippen LogP contribution < -0.4 is 0 Å². The SMILES string of the molecule is Cc1ccccc1S(=O)(=O)OO. The molecule has 0 unspecified atom stereocenters. The lowest BCUT2D eigenvalue weighted by atomic mass is 10.2. The molecule has 0 aliphatic rings. The Balaban J connectivity index is 3.30. The summed E-state index contributed by atoms with van der Waals surface area (Å²) in [6, 6.07) is 6.23. The Labute approximate surface area is 70.5 Å². The van der Waals surface area contributed by atoms with Crippen LogP contribution in [0, 0.1) is 6.92 Å². The molecule has 0 heterocycles. The number of benzene rings is 1. The van der Waals surface area contributed by atoms with E-state index in [4.69, 9.17) is 5.26 Å². The molecule has 66 valence electrons. The molecule has 0 bridgehead atoms. The molecule has 1 rings (SSSR count). The lowest BCUT2D eigenvalue weighted by Crippen LogP contribution is -2.04. The van der Waals surface area contributed by atoms with Crippen LogP contribution in [0.5, 0.6) is 0 Å². The molecule has 0 saturated carbocycles. The van der Waals surface area contributed by atoms with E-state index in [9.17, 15) is 8.42 Å². The smallest absolute Gasteiger partial charge is 0.235 e. The lowest BCUT2D eigenvalue weighted by molar-refractivity contribution is -0.130. The zero-order valence-electron chi connectivity index (χ0n) is 6.39. The van der Waals surface area contributed by atoms with E-state index in [1.807, 2.05) is 0 Å². The summed E-state index contributed by atoms with van der Waals surface area (Å²) in [7, 11) is -3.97. The third kappa shape index (κ3) is 1.63. The summed E-state index contributed by atoms with van der Waals surface area (Å²) < 4.78 is 25.3. The average Bonchev–Trinajstić information content (AvgIpc) is 2.05. The van der Waals surface area contributed by atoms with Gasteiger partial charge in [0.2, 0.25) is 0 Å². The fourth-order valence-corrected chi connectivity index (χ4v) is 1.66. The Kier molecular flexibility index (Phi) is 2.46. The van der Waals surface area contributed by atoms with Crippen LogP contribution in [0.3, 0.4) is 0 Å². The maximum absolute atomic E-state index is 10.9. The molecular formula is C7H8O4S. The minimum atomic E-state index is -3.97. The first-order chi connectivity index (χ1) is 5.58. The third-order valence-corrected chi connectivity index (χ3v) is 2.65. The molecule has 1 aromatic carbocycles. The van der Waals surface area contributed by atoms with Gasteiger partial charge in [-0.1, -0.05) is 18.2 Å². The van der Waals surface area contributed by atoms with E-state index < -0.39 is 10.1 Å². The lowest BCUT2D eigenvalue weighted by Gasteiger charge is -2.01. The van der Waals surface area contributed by atoms with Crippen LogP contribution in [0.4, 0.5) is 0 Å². The van der Waals surface area contributed by atoms with Crippen molar-refractivity contribution in [2.24, 2.45) is 0 Å². The van der Waals surface area contributed by atoms with Gasteiger partial charge in [0.25, 0.3) is 0 Å². The number of aryl methyl sites for hydroxylation is 1. The molecule has 0 radical (unpaired) electrons. The first-order valence-electron chi connectivity index (χ1n) is 3.21.